The number of nitrogens with zero attached hydrogens (tertiary/aromatic N) is 4. The Hall–Kier alpha value is -2.62. The van der Waals surface area contributed by atoms with Gasteiger partial charge in [0.2, 0.25) is 5.91 Å². The third kappa shape index (κ3) is 3.32. The molecule has 2 fully saturated rings. The van der Waals surface area contributed by atoms with Crippen LogP contribution in [-0.2, 0) is 4.79 Å². The molecule has 7 heteroatoms. The standard InChI is InChI=1S/C17H20N4O3/c18-10-14-9-15(21(23)24)5-6-16(14)19-7-8-20(17(22)12-19)11-13-3-1-2-4-13/h5-6,9,13H,1-4,7-8,11-12H2. The largest absolute Gasteiger partial charge is 0.359 e. The molecule has 1 aliphatic carbocycles. The van der Waals surface area contributed by atoms with Crippen molar-refractivity contribution < 1.29 is 9.72 Å². The number of non-ortho nitro benzene ring substituents is 1. The Labute approximate surface area is 140 Å². The van der Waals surface area contributed by atoms with E-state index in [0.29, 0.717) is 24.7 Å². The maximum Gasteiger partial charge on any atom is 0.270 e. The first kappa shape index (κ1) is 16.2. The van der Waals surface area contributed by atoms with Crippen LogP contribution in [0.4, 0.5) is 11.4 Å². The van der Waals surface area contributed by atoms with Crippen LogP contribution in [-0.4, -0.2) is 41.9 Å². The number of nitriles is 1. The van der Waals surface area contributed by atoms with E-state index in [9.17, 15) is 20.2 Å². The first-order valence-corrected chi connectivity index (χ1v) is 8.29. The number of nitro benzene ring substituents is 1. The van der Waals surface area contributed by atoms with Crippen molar-refractivity contribution in [2.45, 2.75) is 25.7 Å². The topological polar surface area (TPSA) is 90.5 Å². The first-order valence-electron chi connectivity index (χ1n) is 8.29. The lowest BCUT2D eigenvalue weighted by Gasteiger charge is -2.37. The molecule has 0 N–H and O–H groups in total. The fourth-order valence-electron chi connectivity index (χ4n) is 3.61. The van der Waals surface area contributed by atoms with E-state index in [4.69, 9.17) is 0 Å². The second-order valence-corrected chi connectivity index (χ2v) is 6.48. The molecular weight excluding hydrogens is 308 g/mol. The van der Waals surface area contributed by atoms with Crippen molar-refractivity contribution in [2.24, 2.45) is 5.92 Å². The number of carbonyl (C=O) groups excluding carboxylic acids is 1. The monoisotopic (exact) mass is 328 g/mol. The molecule has 0 atom stereocenters. The fourth-order valence-corrected chi connectivity index (χ4v) is 3.61. The lowest BCUT2D eigenvalue weighted by Crippen LogP contribution is -2.51. The molecule has 0 bridgehead atoms. The number of nitro groups is 1. The summed E-state index contributed by atoms with van der Waals surface area (Å²) >= 11 is 0. The maximum atomic E-state index is 12.4. The minimum Gasteiger partial charge on any atom is -0.359 e. The minimum absolute atomic E-state index is 0.0652. The molecule has 1 aromatic carbocycles. The number of amides is 1. The van der Waals surface area contributed by atoms with Gasteiger partial charge in [-0.1, -0.05) is 12.8 Å². The van der Waals surface area contributed by atoms with E-state index in [2.05, 4.69) is 0 Å². The van der Waals surface area contributed by atoms with Gasteiger partial charge in [0, 0.05) is 31.8 Å². The number of hydrogen-bond acceptors (Lipinski definition) is 5. The molecule has 1 saturated carbocycles. The molecule has 1 heterocycles. The molecule has 0 spiro atoms. The summed E-state index contributed by atoms with van der Waals surface area (Å²) in [6, 6.07) is 6.22. The lowest BCUT2D eigenvalue weighted by molar-refractivity contribution is -0.384. The molecule has 3 rings (SSSR count). The third-order valence-corrected chi connectivity index (χ3v) is 4.92. The molecule has 1 saturated heterocycles. The van der Waals surface area contributed by atoms with Gasteiger partial charge in [-0.3, -0.25) is 14.9 Å². The molecule has 1 amide bonds. The van der Waals surface area contributed by atoms with Crippen LogP contribution in [0.15, 0.2) is 18.2 Å². The van der Waals surface area contributed by atoms with E-state index >= 15 is 0 Å². The van der Waals surface area contributed by atoms with Gasteiger partial charge in [-0.25, -0.2) is 0 Å². The number of piperazine rings is 1. The Morgan fingerprint density at radius 3 is 2.67 bits per heavy atom. The number of anilines is 1. The minimum atomic E-state index is -0.519. The zero-order chi connectivity index (χ0) is 17.1. The van der Waals surface area contributed by atoms with E-state index in [1.165, 1.54) is 37.8 Å². The van der Waals surface area contributed by atoms with Crippen LogP contribution in [0.1, 0.15) is 31.2 Å². The number of hydrogen-bond donors (Lipinski definition) is 0. The predicted molar refractivity (Wildman–Crippen MR) is 88.6 cm³/mol. The Morgan fingerprint density at radius 2 is 2.04 bits per heavy atom. The van der Waals surface area contributed by atoms with Gasteiger partial charge < -0.3 is 9.80 Å². The summed E-state index contributed by atoms with van der Waals surface area (Å²) in [4.78, 5) is 26.5. The maximum absolute atomic E-state index is 12.4. The number of rotatable bonds is 4. The molecule has 0 unspecified atom stereocenters. The van der Waals surface area contributed by atoms with E-state index in [1.54, 1.807) is 6.07 Å². The summed E-state index contributed by atoms with van der Waals surface area (Å²) in [6.07, 6.45) is 4.92. The quantitative estimate of drug-likeness (QED) is 0.625. The second kappa shape index (κ2) is 6.87. The van der Waals surface area contributed by atoms with Gasteiger partial charge in [0.05, 0.1) is 22.7 Å². The van der Waals surface area contributed by atoms with Crippen LogP contribution >= 0.6 is 0 Å². The van der Waals surface area contributed by atoms with Crippen molar-refractivity contribution >= 4 is 17.3 Å². The average Bonchev–Trinajstić information content (AvgIpc) is 3.09. The van der Waals surface area contributed by atoms with Crippen molar-refractivity contribution in [1.82, 2.24) is 4.90 Å². The Morgan fingerprint density at radius 1 is 1.29 bits per heavy atom. The molecule has 0 radical (unpaired) electrons. The van der Waals surface area contributed by atoms with Gasteiger partial charge in [0.1, 0.15) is 6.07 Å². The van der Waals surface area contributed by atoms with Crippen LogP contribution < -0.4 is 4.90 Å². The summed E-state index contributed by atoms with van der Waals surface area (Å²) in [5, 5.41) is 20.1. The lowest BCUT2D eigenvalue weighted by atomic mass is 10.1. The Balaban J connectivity index is 1.70. The normalized spacial score (nSPS) is 18.7. The van der Waals surface area contributed by atoms with Crippen molar-refractivity contribution in [3.8, 4) is 6.07 Å². The average molecular weight is 328 g/mol. The first-order chi connectivity index (χ1) is 11.6. The van der Waals surface area contributed by atoms with E-state index in [1.807, 2.05) is 15.9 Å². The zero-order valence-corrected chi connectivity index (χ0v) is 13.5. The summed E-state index contributed by atoms with van der Waals surface area (Å²) in [7, 11) is 0. The number of carbonyl (C=O) groups is 1. The summed E-state index contributed by atoms with van der Waals surface area (Å²) in [5.74, 6) is 0.685. The Bertz CT molecular complexity index is 692. The van der Waals surface area contributed by atoms with Gasteiger partial charge >= 0.3 is 0 Å². The highest BCUT2D eigenvalue weighted by Gasteiger charge is 2.28. The molecule has 1 aliphatic heterocycles. The molecule has 126 valence electrons. The van der Waals surface area contributed by atoms with Crippen LogP contribution in [0, 0.1) is 27.4 Å². The predicted octanol–water partition coefficient (Wildman–Crippen LogP) is 2.31. The van der Waals surface area contributed by atoms with Gasteiger partial charge in [0.15, 0.2) is 0 Å². The molecule has 2 aliphatic rings. The molecule has 0 aromatic heterocycles. The third-order valence-electron chi connectivity index (χ3n) is 4.92. The van der Waals surface area contributed by atoms with Gasteiger partial charge in [-0.2, -0.15) is 5.26 Å². The van der Waals surface area contributed by atoms with Gasteiger partial charge in [-0.05, 0) is 24.8 Å². The second-order valence-electron chi connectivity index (χ2n) is 6.48. The summed E-state index contributed by atoms with van der Waals surface area (Å²) in [6.45, 7) is 2.33. The smallest absolute Gasteiger partial charge is 0.270 e. The van der Waals surface area contributed by atoms with Crippen molar-refractivity contribution in [2.75, 3.05) is 31.1 Å². The number of benzene rings is 1. The summed E-state index contributed by atoms with van der Waals surface area (Å²) < 4.78 is 0. The zero-order valence-electron chi connectivity index (χ0n) is 13.5. The molecule has 1 aromatic rings. The molecular formula is C17H20N4O3. The van der Waals surface area contributed by atoms with E-state index in [0.717, 1.165) is 6.54 Å². The van der Waals surface area contributed by atoms with E-state index in [-0.39, 0.29) is 23.7 Å². The van der Waals surface area contributed by atoms with Crippen molar-refractivity contribution in [1.29, 1.82) is 5.26 Å². The van der Waals surface area contributed by atoms with Gasteiger partial charge in [-0.15, -0.1) is 0 Å². The summed E-state index contributed by atoms with van der Waals surface area (Å²) in [5.41, 5.74) is 0.722. The van der Waals surface area contributed by atoms with Gasteiger partial charge in [0.25, 0.3) is 5.69 Å². The SMILES string of the molecule is N#Cc1cc([N+](=O)[O-])ccc1N1CCN(CC2CCCC2)C(=O)C1. The molecule has 24 heavy (non-hydrogen) atoms. The van der Waals surface area contributed by atoms with Crippen LogP contribution in [0.3, 0.4) is 0 Å². The highest BCUT2D eigenvalue weighted by molar-refractivity contribution is 5.83. The molecule has 7 nitrogen and oxygen atoms in total. The fraction of sp³-hybridized carbons (Fsp3) is 0.529. The van der Waals surface area contributed by atoms with Crippen molar-refractivity contribution in [3.63, 3.8) is 0 Å². The highest BCUT2D eigenvalue weighted by atomic mass is 16.6. The van der Waals surface area contributed by atoms with Crippen LogP contribution in [0.5, 0.6) is 0 Å². The van der Waals surface area contributed by atoms with E-state index < -0.39 is 4.92 Å². The van der Waals surface area contributed by atoms with Crippen LogP contribution in [0.25, 0.3) is 0 Å². The van der Waals surface area contributed by atoms with Crippen molar-refractivity contribution in [3.05, 3.63) is 33.9 Å². The highest BCUT2D eigenvalue weighted by Crippen LogP contribution is 2.28. The van der Waals surface area contributed by atoms with Crippen LogP contribution in [0.2, 0.25) is 0 Å². The Kier molecular flexibility index (Phi) is 4.65.